The van der Waals surface area contributed by atoms with Crippen LogP contribution in [0.25, 0.3) is 0 Å². The van der Waals surface area contributed by atoms with E-state index in [4.69, 9.17) is 33.9 Å². The van der Waals surface area contributed by atoms with Crippen molar-refractivity contribution in [1.29, 1.82) is 0 Å². The van der Waals surface area contributed by atoms with Crippen molar-refractivity contribution in [2.45, 2.75) is 18.2 Å². The van der Waals surface area contributed by atoms with Gasteiger partial charge in [0.05, 0.1) is 15.6 Å². The van der Waals surface area contributed by atoms with Gasteiger partial charge in [-0.25, -0.2) is 8.42 Å². The van der Waals surface area contributed by atoms with Crippen LogP contribution in [0, 0.1) is 0 Å². The van der Waals surface area contributed by atoms with Crippen molar-refractivity contribution in [3.63, 3.8) is 0 Å². The lowest BCUT2D eigenvalue weighted by molar-refractivity contribution is 0.0953. The van der Waals surface area contributed by atoms with Gasteiger partial charge in [-0.05, 0) is 18.6 Å². The van der Waals surface area contributed by atoms with E-state index < -0.39 is 15.0 Å². The van der Waals surface area contributed by atoms with Crippen LogP contribution in [0.1, 0.15) is 23.7 Å². The molecule has 0 saturated heterocycles. The van der Waals surface area contributed by atoms with Crippen LogP contribution < -0.4 is 5.32 Å². The molecule has 0 saturated carbocycles. The summed E-state index contributed by atoms with van der Waals surface area (Å²) in [5.74, 6) is -0.472. The van der Waals surface area contributed by atoms with Crippen LogP contribution in [0.2, 0.25) is 10.0 Å². The van der Waals surface area contributed by atoms with Gasteiger partial charge in [0, 0.05) is 17.2 Å². The zero-order valence-electron chi connectivity index (χ0n) is 9.34. The largest absolute Gasteiger partial charge is 0.352 e. The maximum atomic E-state index is 11.7. The second-order valence-electron chi connectivity index (χ2n) is 3.46. The molecule has 0 heterocycles. The summed E-state index contributed by atoms with van der Waals surface area (Å²) in [6.07, 6.45) is 0.748. The van der Waals surface area contributed by atoms with E-state index in [1.54, 1.807) is 0 Å². The van der Waals surface area contributed by atoms with Gasteiger partial charge < -0.3 is 5.32 Å². The fourth-order valence-electron chi connectivity index (χ4n) is 1.22. The van der Waals surface area contributed by atoms with Gasteiger partial charge in [-0.3, -0.25) is 4.79 Å². The highest BCUT2D eigenvalue weighted by Crippen LogP contribution is 2.30. The molecule has 1 aromatic carbocycles. The molecular formula is C10H10Cl3NO3S. The Bertz CT molecular complexity index is 572. The molecule has 18 heavy (non-hydrogen) atoms. The first-order valence-corrected chi connectivity index (χ1v) is 8.05. The van der Waals surface area contributed by atoms with E-state index in [0.29, 0.717) is 6.54 Å². The Morgan fingerprint density at radius 2 is 1.89 bits per heavy atom. The molecule has 0 bridgehead atoms. The van der Waals surface area contributed by atoms with Crippen molar-refractivity contribution in [3.05, 3.63) is 27.7 Å². The van der Waals surface area contributed by atoms with Gasteiger partial charge in [0.15, 0.2) is 0 Å². The summed E-state index contributed by atoms with van der Waals surface area (Å²) in [4.78, 5) is 11.4. The van der Waals surface area contributed by atoms with E-state index in [1.807, 2.05) is 6.92 Å². The molecule has 0 spiro atoms. The monoisotopic (exact) mass is 329 g/mol. The molecule has 0 aliphatic carbocycles. The third kappa shape index (κ3) is 3.75. The minimum absolute atomic E-state index is 0.0220. The van der Waals surface area contributed by atoms with Crippen LogP contribution in [0.3, 0.4) is 0 Å². The normalized spacial score (nSPS) is 11.3. The van der Waals surface area contributed by atoms with Crippen molar-refractivity contribution < 1.29 is 13.2 Å². The lowest BCUT2D eigenvalue weighted by atomic mass is 10.2. The number of hydrogen-bond donors (Lipinski definition) is 1. The predicted octanol–water partition coefficient (Wildman–Crippen LogP) is 3.06. The number of halogens is 3. The molecule has 1 N–H and O–H groups in total. The zero-order valence-corrected chi connectivity index (χ0v) is 12.4. The highest BCUT2D eigenvalue weighted by atomic mass is 35.7. The molecule has 100 valence electrons. The van der Waals surface area contributed by atoms with Gasteiger partial charge in [0.2, 0.25) is 0 Å². The molecule has 1 aromatic rings. The second-order valence-corrected chi connectivity index (χ2v) is 6.80. The summed E-state index contributed by atoms with van der Waals surface area (Å²) >= 11 is 11.6. The minimum Gasteiger partial charge on any atom is -0.352 e. The van der Waals surface area contributed by atoms with Gasteiger partial charge in [0.25, 0.3) is 15.0 Å². The molecule has 1 rings (SSSR count). The number of carbonyl (C=O) groups is 1. The summed E-state index contributed by atoms with van der Waals surface area (Å²) in [7, 11) is 1.19. The first kappa shape index (κ1) is 15.6. The van der Waals surface area contributed by atoms with E-state index in [-0.39, 0.29) is 20.5 Å². The molecule has 0 atom stereocenters. The summed E-state index contributed by atoms with van der Waals surface area (Å²) in [6, 6.07) is 2.25. The number of nitrogens with one attached hydrogen (secondary N) is 1. The smallest absolute Gasteiger partial charge is 0.262 e. The molecule has 0 aliphatic heterocycles. The van der Waals surface area contributed by atoms with Gasteiger partial charge >= 0.3 is 0 Å². The summed E-state index contributed by atoms with van der Waals surface area (Å²) in [5.41, 5.74) is 0.0220. The van der Waals surface area contributed by atoms with Crippen molar-refractivity contribution in [3.8, 4) is 0 Å². The fourth-order valence-corrected chi connectivity index (χ4v) is 3.05. The maximum absolute atomic E-state index is 11.7. The number of benzene rings is 1. The van der Waals surface area contributed by atoms with Crippen LogP contribution in [0.15, 0.2) is 17.0 Å². The van der Waals surface area contributed by atoms with E-state index in [0.717, 1.165) is 12.5 Å². The predicted molar refractivity (Wildman–Crippen MR) is 72.1 cm³/mol. The third-order valence-corrected chi connectivity index (χ3v) is 4.16. The Hall–Kier alpha value is -0.490. The molecule has 0 aromatic heterocycles. The average molecular weight is 331 g/mol. The summed E-state index contributed by atoms with van der Waals surface area (Å²) < 4.78 is 22.5. The number of amides is 1. The lowest BCUT2D eigenvalue weighted by Gasteiger charge is -2.08. The first-order valence-electron chi connectivity index (χ1n) is 4.99. The van der Waals surface area contributed by atoms with Gasteiger partial charge in [-0.1, -0.05) is 30.1 Å². The Morgan fingerprint density at radius 3 is 2.39 bits per heavy atom. The Kier molecular flexibility index (Phi) is 5.28. The Morgan fingerprint density at radius 1 is 1.28 bits per heavy atom. The summed E-state index contributed by atoms with van der Waals surface area (Å²) in [6.45, 7) is 2.35. The Labute approximate surface area is 120 Å². The second kappa shape index (κ2) is 6.10. The molecule has 0 aliphatic rings. The highest BCUT2D eigenvalue weighted by molar-refractivity contribution is 8.13. The summed E-state index contributed by atoms with van der Waals surface area (Å²) in [5, 5.41) is 2.53. The number of hydrogen-bond acceptors (Lipinski definition) is 3. The molecule has 0 unspecified atom stereocenters. The Balaban J connectivity index is 3.26. The molecule has 0 radical (unpaired) electrons. The van der Waals surface area contributed by atoms with Gasteiger partial charge in [-0.15, -0.1) is 0 Å². The SMILES string of the molecule is CCCNC(=O)c1cc(S(=O)(=O)Cl)c(Cl)cc1Cl. The van der Waals surface area contributed by atoms with Crippen molar-refractivity contribution in [1.82, 2.24) is 5.32 Å². The third-order valence-electron chi connectivity index (χ3n) is 2.06. The minimum atomic E-state index is -4.03. The molecule has 1 amide bonds. The van der Waals surface area contributed by atoms with E-state index >= 15 is 0 Å². The first-order chi connectivity index (χ1) is 8.27. The average Bonchev–Trinajstić information content (AvgIpc) is 2.24. The van der Waals surface area contributed by atoms with E-state index in [1.165, 1.54) is 6.07 Å². The van der Waals surface area contributed by atoms with E-state index in [2.05, 4.69) is 5.32 Å². The quantitative estimate of drug-likeness (QED) is 0.863. The molecular weight excluding hydrogens is 321 g/mol. The standard InChI is InChI=1S/C10H10Cl3NO3S/c1-2-3-14-10(15)6-4-9(18(13,16)17)8(12)5-7(6)11/h4-5H,2-3H2,1H3,(H,14,15). The topological polar surface area (TPSA) is 63.2 Å². The fraction of sp³-hybridized carbons (Fsp3) is 0.300. The van der Waals surface area contributed by atoms with Crippen molar-refractivity contribution in [2.75, 3.05) is 6.54 Å². The van der Waals surface area contributed by atoms with Crippen molar-refractivity contribution in [2.24, 2.45) is 0 Å². The van der Waals surface area contributed by atoms with Crippen molar-refractivity contribution >= 4 is 48.8 Å². The number of carbonyl (C=O) groups excluding carboxylic acids is 1. The van der Waals surface area contributed by atoms with Crippen LogP contribution in [0.5, 0.6) is 0 Å². The van der Waals surface area contributed by atoms with Crippen LogP contribution >= 0.6 is 33.9 Å². The molecule has 4 nitrogen and oxygen atoms in total. The van der Waals surface area contributed by atoms with Gasteiger partial charge in [-0.2, -0.15) is 0 Å². The van der Waals surface area contributed by atoms with Crippen LogP contribution in [-0.2, 0) is 9.05 Å². The van der Waals surface area contributed by atoms with Gasteiger partial charge in [0.1, 0.15) is 4.90 Å². The van der Waals surface area contributed by atoms with E-state index in [9.17, 15) is 13.2 Å². The number of rotatable bonds is 4. The van der Waals surface area contributed by atoms with Crippen LogP contribution in [-0.4, -0.2) is 20.9 Å². The maximum Gasteiger partial charge on any atom is 0.262 e. The lowest BCUT2D eigenvalue weighted by Crippen LogP contribution is -2.24. The zero-order chi connectivity index (χ0) is 13.9. The van der Waals surface area contributed by atoms with Crippen LogP contribution in [0.4, 0.5) is 0 Å². The highest BCUT2D eigenvalue weighted by Gasteiger charge is 2.20. The molecule has 0 fully saturated rings. The molecule has 8 heteroatoms.